The molecule has 0 bridgehead atoms. The second-order valence-electron chi connectivity index (χ2n) is 6.01. The van der Waals surface area contributed by atoms with Crippen LogP contribution in [-0.2, 0) is 6.54 Å². The maximum Gasteiger partial charge on any atom is 0.179 e. The van der Waals surface area contributed by atoms with Crippen LogP contribution in [0.25, 0.3) is 0 Å². The fourth-order valence-corrected chi connectivity index (χ4v) is 3.82. The van der Waals surface area contributed by atoms with Crippen LogP contribution in [0.1, 0.15) is 24.8 Å². The van der Waals surface area contributed by atoms with Gasteiger partial charge in [-0.1, -0.05) is 18.0 Å². The third-order valence-corrected chi connectivity index (χ3v) is 4.86. The molecule has 2 atom stereocenters. The molecule has 1 aliphatic heterocycles. The molecular formula is C16H23ClN2O2. The molecule has 0 radical (unpaired) electrons. The quantitative estimate of drug-likeness (QED) is 0.929. The minimum absolute atomic E-state index is 0.562. The van der Waals surface area contributed by atoms with Crippen LogP contribution in [0.4, 0.5) is 0 Å². The number of hydrogen-bond acceptors (Lipinski definition) is 4. The smallest absolute Gasteiger partial charge is 0.179 e. The normalized spacial score (nSPS) is 24.6. The number of rotatable bonds is 4. The van der Waals surface area contributed by atoms with E-state index in [2.05, 4.69) is 11.9 Å². The van der Waals surface area contributed by atoms with Crippen molar-refractivity contribution in [3.8, 4) is 11.5 Å². The zero-order valence-electron chi connectivity index (χ0n) is 12.5. The molecule has 116 valence electrons. The molecule has 4 nitrogen and oxygen atoms in total. The Morgan fingerprint density at radius 2 is 2.10 bits per heavy atom. The summed E-state index contributed by atoms with van der Waals surface area (Å²) in [5, 5.41) is 0.636. The number of fused-ring (bicyclic) bond motifs is 1. The van der Waals surface area contributed by atoms with Gasteiger partial charge in [-0.15, -0.1) is 0 Å². The summed E-state index contributed by atoms with van der Waals surface area (Å²) in [6, 6.07) is 4.60. The molecule has 1 aromatic rings. The molecule has 0 aromatic heterocycles. The topological polar surface area (TPSA) is 47.7 Å². The Morgan fingerprint density at radius 3 is 2.90 bits per heavy atom. The first-order valence-electron chi connectivity index (χ1n) is 7.67. The van der Waals surface area contributed by atoms with Gasteiger partial charge in [0.15, 0.2) is 11.5 Å². The minimum atomic E-state index is 0.562. The van der Waals surface area contributed by atoms with E-state index >= 15 is 0 Å². The van der Waals surface area contributed by atoms with E-state index in [1.807, 2.05) is 12.1 Å². The highest BCUT2D eigenvalue weighted by atomic mass is 35.5. The van der Waals surface area contributed by atoms with Crippen LogP contribution in [0, 0.1) is 5.92 Å². The van der Waals surface area contributed by atoms with Gasteiger partial charge in [0, 0.05) is 12.6 Å². The Bertz CT molecular complexity index is 509. The minimum Gasteiger partial charge on any atom is -0.486 e. The zero-order valence-corrected chi connectivity index (χ0v) is 13.2. The van der Waals surface area contributed by atoms with Gasteiger partial charge in [0.1, 0.15) is 13.2 Å². The summed E-state index contributed by atoms with van der Waals surface area (Å²) < 4.78 is 11.2. The lowest BCUT2D eigenvalue weighted by Crippen LogP contribution is -2.37. The van der Waals surface area contributed by atoms with Gasteiger partial charge in [-0.25, -0.2) is 0 Å². The monoisotopic (exact) mass is 310 g/mol. The number of hydrogen-bond donors (Lipinski definition) is 1. The third kappa shape index (κ3) is 3.12. The van der Waals surface area contributed by atoms with E-state index in [1.165, 1.54) is 19.3 Å². The second-order valence-corrected chi connectivity index (χ2v) is 6.42. The molecule has 2 aliphatic rings. The van der Waals surface area contributed by atoms with Gasteiger partial charge < -0.3 is 15.2 Å². The van der Waals surface area contributed by atoms with Gasteiger partial charge in [-0.3, -0.25) is 4.90 Å². The summed E-state index contributed by atoms with van der Waals surface area (Å²) in [5.74, 6) is 2.05. The van der Waals surface area contributed by atoms with Crippen LogP contribution in [0.2, 0.25) is 5.02 Å². The van der Waals surface area contributed by atoms with E-state index in [0.29, 0.717) is 35.9 Å². The highest BCUT2D eigenvalue weighted by molar-refractivity contribution is 6.32. The number of nitrogens with two attached hydrogens (primary N) is 1. The lowest BCUT2D eigenvalue weighted by molar-refractivity contribution is 0.170. The summed E-state index contributed by atoms with van der Waals surface area (Å²) in [7, 11) is 2.17. The molecule has 5 heteroatoms. The van der Waals surface area contributed by atoms with Crippen LogP contribution in [-0.4, -0.2) is 37.7 Å². The van der Waals surface area contributed by atoms with Crippen molar-refractivity contribution in [2.24, 2.45) is 11.7 Å². The van der Waals surface area contributed by atoms with E-state index in [9.17, 15) is 0 Å². The maximum atomic E-state index is 6.30. The predicted octanol–water partition coefficient (Wildman–Crippen LogP) is 2.67. The molecule has 0 saturated heterocycles. The average Bonchev–Trinajstić information content (AvgIpc) is 2.96. The summed E-state index contributed by atoms with van der Waals surface area (Å²) in [4.78, 5) is 2.40. The van der Waals surface area contributed by atoms with Gasteiger partial charge in [-0.2, -0.15) is 0 Å². The number of ether oxygens (including phenoxy) is 2. The maximum absolute atomic E-state index is 6.30. The van der Waals surface area contributed by atoms with Gasteiger partial charge in [0.2, 0.25) is 0 Å². The van der Waals surface area contributed by atoms with Crippen LogP contribution in [0.15, 0.2) is 12.1 Å². The Morgan fingerprint density at radius 1 is 1.29 bits per heavy atom. The van der Waals surface area contributed by atoms with Crippen LogP contribution >= 0.6 is 11.6 Å². The standard InChI is InChI=1S/C16H23ClN2O2/c1-19(14-4-2-3-12(14)9-18)10-11-7-13(17)16-15(8-11)20-5-6-21-16/h7-8,12,14H,2-6,9-10,18H2,1H3. The summed E-state index contributed by atoms with van der Waals surface area (Å²) >= 11 is 6.30. The number of nitrogens with zero attached hydrogens (tertiary/aromatic N) is 1. The largest absolute Gasteiger partial charge is 0.486 e. The van der Waals surface area contributed by atoms with Crippen molar-refractivity contribution < 1.29 is 9.47 Å². The SMILES string of the molecule is CN(Cc1cc(Cl)c2c(c1)OCCO2)C1CCCC1CN. The van der Waals surface area contributed by atoms with Crippen molar-refractivity contribution in [3.05, 3.63) is 22.7 Å². The van der Waals surface area contributed by atoms with Crippen molar-refractivity contribution in [2.45, 2.75) is 31.8 Å². The lowest BCUT2D eigenvalue weighted by atomic mass is 10.0. The van der Waals surface area contributed by atoms with Crippen molar-refractivity contribution in [2.75, 3.05) is 26.8 Å². The van der Waals surface area contributed by atoms with Crippen molar-refractivity contribution >= 4 is 11.6 Å². The molecule has 0 amide bonds. The van der Waals surface area contributed by atoms with Gasteiger partial charge >= 0.3 is 0 Å². The van der Waals surface area contributed by atoms with E-state index in [-0.39, 0.29) is 0 Å². The van der Waals surface area contributed by atoms with Gasteiger partial charge in [0.05, 0.1) is 5.02 Å². The first-order valence-corrected chi connectivity index (χ1v) is 8.05. The van der Waals surface area contributed by atoms with E-state index in [0.717, 1.165) is 24.4 Å². The molecule has 1 saturated carbocycles. The molecule has 21 heavy (non-hydrogen) atoms. The van der Waals surface area contributed by atoms with Gasteiger partial charge in [-0.05, 0) is 50.0 Å². The summed E-state index contributed by atoms with van der Waals surface area (Å²) in [6.45, 7) is 2.78. The van der Waals surface area contributed by atoms with E-state index < -0.39 is 0 Å². The van der Waals surface area contributed by atoms with E-state index in [1.54, 1.807) is 0 Å². The Hall–Kier alpha value is -0.970. The van der Waals surface area contributed by atoms with Crippen molar-refractivity contribution in [1.29, 1.82) is 0 Å². The van der Waals surface area contributed by atoms with Gasteiger partial charge in [0.25, 0.3) is 0 Å². The molecule has 2 unspecified atom stereocenters. The number of benzene rings is 1. The molecule has 3 rings (SSSR count). The highest BCUT2D eigenvalue weighted by Crippen LogP contribution is 2.39. The first kappa shape index (κ1) is 14.9. The van der Waals surface area contributed by atoms with Crippen molar-refractivity contribution in [3.63, 3.8) is 0 Å². The zero-order chi connectivity index (χ0) is 14.8. The first-order chi connectivity index (χ1) is 10.2. The Kier molecular flexibility index (Phi) is 4.57. The summed E-state index contributed by atoms with van der Waals surface area (Å²) in [6.07, 6.45) is 3.75. The molecule has 1 aromatic carbocycles. The summed E-state index contributed by atoms with van der Waals surface area (Å²) in [5.41, 5.74) is 7.05. The molecular weight excluding hydrogens is 288 g/mol. The third-order valence-electron chi connectivity index (χ3n) is 4.58. The highest BCUT2D eigenvalue weighted by Gasteiger charge is 2.29. The van der Waals surface area contributed by atoms with Crippen LogP contribution < -0.4 is 15.2 Å². The molecule has 1 fully saturated rings. The number of halogens is 1. The Balaban J connectivity index is 1.74. The lowest BCUT2D eigenvalue weighted by Gasteiger charge is -2.29. The van der Waals surface area contributed by atoms with Crippen LogP contribution in [0.5, 0.6) is 11.5 Å². The fraction of sp³-hybridized carbons (Fsp3) is 0.625. The second kappa shape index (κ2) is 6.42. The molecule has 2 N–H and O–H groups in total. The predicted molar refractivity (Wildman–Crippen MR) is 84.1 cm³/mol. The Labute approximate surface area is 131 Å². The molecule has 0 spiro atoms. The van der Waals surface area contributed by atoms with E-state index in [4.69, 9.17) is 26.8 Å². The molecule has 1 aliphatic carbocycles. The molecule has 1 heterocycles. The fourth-order valence-electron chi connectivity index (χ4n) is 3.53. The average molecular weight is 311 g/mol. The van der Waals surface area contributed by atoms with Crippen LogP contribution in [0.3, 0.4) is 0 Å². The van der Waals surface area contributed by atoms with Crippen molar-refractivity contribution in [1.82, 2.24) is 4.90 Å².